The fourth-order valence-corrected chi connectivity index (χ4v) is 4.60. The van der Waals surface area contributed by atoms with Gasteiger partial charge in [0.1, 0.15) is 5.75 Å². The summed E-state index contributed by atoms with van der Waals surface area (Å²) < 4.78 is 6.43. The molecule has 5 aromatic rings. The van der Waals surface area contributed by atoms with Crippen LogP contribution in [0.5, 0.6) is 11.5 Å². The molecule has 40 heavy (non-hydrogen) atoms. The molecule has 0 bridgehead atoms. The Morgan fingerprint density at radius 3 is 2.33 bits per heavy atom. The number of rotatable bonds is 6. The molecule has 2 amide bonds. The Kier molecular flexibility index (Phi) is 7.73. The minimum Gasteiger partial charge on any atom is -0.455 e. The number of para-hydroxylation sites is 2. The van der Waals surface area contributed by atoms with Gasteiger partial charge in [0.15, 0.2) is 5.75 Å². The Morgan fingerprint density at radius 1 is 0.825 bits per heavy atom. The molecule has 0 radical (unpaired) electrons. The van der Waals surface area contributed by atoms with E-state index >= 15 is 0 Å². The van der Waals surface area contributed by atoms with Crippen molar-refractivity contribution in [2.24, 2.45) is 0 Å². The third kappa shape index (κ3) is 6.09. The van der Waals surface area contributed by atoms with Gasteiger partial charge >= 0.3 is 6.03 Å². The fraction of sp³-hybridized carbons (Fsp3) is 0.133. The van der Waals surface area contributed by atoms with E-state index in [0.717, 1.165) is 16.7 Å². The lowest BCUT2D eigenvalue weighted by Gasteiger charge is -2.23. The van der Waals surface area contributed by atoms with Crippen molar-refractivity contribution in [3.63, 3.8) is 0 Å². The van der Waals surface area contributed by atoms with Crippen LogP contribution < -0.4 is 15.4 Å². The van der Waals surface area contributed by atoms with Gasteiger partial charge in [-0.1, -0.05) is 86.4 Å². The minimum absolute atomic E-state index is 0.158. The van der Waals surface area contributed by atoms with E-state index in [4.69, 9.17) is 27.9 Å². The molecule has 0 aliphatic rings. The van der Waals surface area contributed by atoms with Gasteiger partial charge in [0.25, 0.3) is 0 Å². The number of carbonyl (C=O) groups excluding carboxylic acids is 1. The molecule has 0 saturated carbocycles. The molecule has 0 atom stereocenters. The van der Waals surface area contributed by atoms with Crippen molar-refractivity contribution >= 4 is 40.6 Å². The van der Waals surface area contributed by atoms with Gasteiger partial charge in [-0.25, -0.2) is 4.79 Å². The highest BCUT2D eigenvalue weighted by Gasteiger charge is 2.21. The van der Waals surface area contributed by atoms with Gasteiger partial charge in [0.2, 0.25) is 5.82 Å². The van der Waals surface area contributed by atoms with Crippen LogP contribution in [0, 0.1) is 0 Å². The summed E-state index contributed by atoms with van der Waals surface area (Å²) in [6.45, 7) is 6.36. The van der Waals surface area contributed by atoms with Gasteiger partial charge in [0, 0.05) is 16.1 Å². The SMILES string of the molecule is CC(C)(C)c1ccccc1Oc1ccc(-c2ccc(Cl)cc2-c2nn[nH]n2)cc1NC(=O)Nc1ccccc1Cl. The zero-order valence-corrected chi connectivity index (χ0v) is 23.5. The maximum Gasteiger partial charge on any atom is 0.323 e. The number of aromatic nitrogens is 4. The second-order valence-electron chi connectivity index (χ2n) is 10.0. The van der Waals surface area contributed by atoms with Crippen molar-refractivity contribution < 1.29 is 9.53 Å². The van der Waals surface area contributed by atoms with E-state index in [-0.39, 0.29) is 5.41 Å². The van der Waals surface area contributed by atoms with E-state index in [1.807, 2.05) is 48.5 Å². The number of benzene rings is 4. The summed E-state index contributed by atoms with van der Waals surface area (Å²) in [4.78, 5) is 13.1. The van der Waals surface area contributed by atoms with Gasteiger partial charge in [-0.2, -0.15) is 5.21 Å². The molecule has 0 aliphatic heterocycles. The Morgan fingerprint density at radius 2 is 1.57 bits per heavy atom. The molecule has 5 rings (SSSR count). The average molecular weight is 573 g/mol. The summed E-state index contributed by atoms with van der Waals surface area (Å²) in [7, 11) is 0. The lowest BCUT2D eigenvalue weighted by atomic mass is 9.86. The first kappa shape index (κ1) is 27.2. The van der Waals surface area contributed by atoms with E-state index < -0.39 is 6.03 Å². The minimum atomic E-state index is -0.478. The zero-order chi connectivity index (χ0) is 28.3. The second kappa shape index (κ2) is 11.4. The Hall–Kier alpha value is -4.40. The van der Waals surface area contributed by atoms with Gasteiger partial charge in [-0.3, -0.25) is 0 Å². The van der Waals surface area contributed by atoms with Gasteiger partial charge < -0.3 is 15.4 Å². The number of anilines is 2. The number of ether oxygens (including phenoxy) is 1. The van der Waals surface area contributed by atoms with Crippen LogP contribution in [0.2, 0.25) is 10.0 Å². The van der Waals surface area contributed by atoms with Crippen molar-refractivity contribution in [1.29, 1.82) is 0 Å². The highest BCUT2D eigenvalue weighted by molar-refractivity contribution is 6.33. The molecule has 0 spiro atoms. The van der Waals surface area contributed by atoms with Crippen LogP contribution >= 0.6 is 23.2 Å². The molecular weight excluding hydrogens is 547 g/mol. The molecule has 0 fully saturated rings. The van der Waals surface area contributed by atoms with Gasteiger partial charge in [-0.05, 0) is 64.2 Å². The number of hydrogen-bond acceptors (Lipinski definition) is 5. The van der Waals surface area contributed by atoms with Crippen LogP contribution in [-0.4, -0.2) is 26.7 Å². The maximum absolute atomic E-state index is 13.1. The summed E-state index contributed by atoms with van der Waals surface area (Å²) in [5.74, 6) is 1.55. The standard InChI is InChI=1S/C30H26Cl2N6O2/c1-30(2,3)22-8-4-7-11-26(22)40-27-15-12-18(20-14-13-19(31)17-21(20)28-35-37-38-36-28)16-25(27)34-29(39)33-24-10-6-5-9-23(24)32/h4-17H,1-3H3,(H2,33,34,39)(H,35,36,37,38). The number of tetrazole rings is 1. The van der Waals surface area contributed by atoms with Crippen LogP contribution in [-0.2, 0) is 5.41 Å². The molecule has 0 saturated heterocycles. The van der Waals surface area contributed by atoms with Gasteiger partial charge in [0.05, 0.1) is 16.4 Å². The van der Waals surface area contributed by atoms with Crippen molar-refractivity contribution in [2.75, 3.05) is 10.6 Å². The molecule has 1 aromatic heterocycles. The number of halogens is 2. The van der Waals surface area contributed by atoms with E-state index in [9.17, 15) is 4.79 Å². The van der Waals surface area contributed by atoms with E-state index in [1.54, 1.807) is 36.4 Å². The first-order chi connectivity index (χ1) is 19.2. The van der Waals surface area contributed by atoms with E-state index in [0.29, 0.717) is 44.3 Å². The zero-order valence-electron chi connectivity index (χ0n) is 22.0. The highest BCUT2D eigenvalue weighted by Crippen LogP contribution is 2.40. The number of nitrogens with one attached hydrogen (secondary N) is 3. The molecular formula is C30H26Cl2N6O2. The lowest BCUT2D eigenvalue weighted by Crippen LogP contribution is -2.20. The largest absolute Gasteiger partial charge is 0.455 e. The average Bonchev–Trinajstić information content (AvgIpc) is 3.46. The molecule has 8 nitrogen and oxygen atoms in total. The predicted octanol–water partition coefficient (Wildman–Crippen LogP) is 8.57. The number of aromatic amines is 1. The third-order valence-corrected chi connectivity index (χ3v) is 6.71. The van der Waals surface area contributed by atoms with Crippen LogP contribution in [0.15, 0.2) is 84.9 Å². The molecule has 0 unspecified atom stereocenters. The quantitative estimate of drug-likeness (QED) is 0.189. The predicted molar refractivity (Wildman–Crippen MR) is 159 cm³/mol. The van der Waals surface area contributed by atoms with Crippen LogP contribution in [0.3, 0.4) is 0 Å². The lowest BCUT2D eigenvalue weighted by molar-refractivity contribution is 0.262. The number of amides is 2. The Balaban J connectivity index is 1.57. The first-order valence-electron chi connectivity index (χ1n) is 12.5. The summed E-state index contributed by atoms with van der Waals surface area (Å²) >= 11 is 12.6. The molecule has 0 aliphatic carbocycles. The van der Waals surface area contributed by atoms with Gasteiger partial charge in [-0.15, -0.1) is 10.2 Å². The molecule has 4 aromatic carbocycles. The fourth-order valence-electron chi connectivity index (χ4n) is 4.25. The molecule has 202 valence electrons. The van der Waals surface area contributed by atoms with Crippen LogP contribution in [0.4, 0.5) is 16.2 Å². The Bertz CT molecular complexity index is 1670. The van der Waals surface area contributed by atoms with Crippen molar-refractivity contribution in [3.8, 4) is 34.0 Å². The summed E-state index contributed by atoms with van der Waals surface area (Å²) in [6, 6.07) is 25.3. The second-order valence-corrected chi connectivity index (χ2v) is 10.9. The highest BCUT2D eigenvalue weighted by atomic mass is 35.5. The van der Waals surface area contributed by atoms with Crippen molar-refractivity contribution in [3.05, 3.63) is 101 Å². The molecule has 1 heterocycles. The Labute approximate surface area is 241 Å². The number of urea groups is 1. The monoisotopic (exact) mass is 572 g/mol. The number of carbonyl (C=O) groups is 1. The normalized spacial score (nSPS) is 11.2. The molecule has 10 heteroatoms. The number of hydrogen-bond donors (Lipinski definition) is 3. The van der Waals surface area contributed by atoms with Crippen molar-refractivity contribution in [1.82, 2.24) is 20.6 Å². The third-order valence-electron chi connectivity index (χ3n) is 6.14. The molecule has 3 N–H and O–H groups in total. The maximum atomic E-state index is 13.1. The van der Waals surface area contributed by atoms with Crippen LogP contribution in [0.1, 0.15) is 26.3 Å². The summed E-state index contributed by atoms with van der Waals surface area (Å²) in [5.41, 5.74) is 4.05. The summed E-state index contributed by atoms with van der Waals surface area (Å²) in [6.07, 6.45) is 0. The van der Waals surface area contributed by atoms with Crippen LogP contribution in [0.25, 0.3) is 22.5 Å². The number of H-pyrrole nitrogens is 1. The number of nitrogens with zero attached hydrogens (tertiary/aromatic N) is 3. The summed E-state index contributed by atoms with van der Waals surface area (Å²) in [5, 5.41) is 21.1. The first-order valence-corrected chi connectivity index (χ1v) is 13.2. The van der Waals surface area contributed by atoms with E-state index in [2.05, 4.69) is 52.0 Å². The van der Waals surface area contributed by atoms with Crippen molar-refractivity contribution in [2.45, 2.75) is 26.2 Å². The van der Waals surface area contributed by atoms with E-state index in [1.165, 1.54) is 0 Å². The smallest absolute Gasteiger partial charge is 0.323 e. The topological polar surface area (TPSA) is 105 Å².